The summed E-state index contributed by atoms with van der Waals surface area (Å²) in [4.78, 5) is 11.9. The van der Waals surface area contributed by atoms with Gasteiger partial charge in [0.15, 0.2) is 11.6 Å². The van der Waals surface area contributed by atoms with Crippen molar-refractivity contribution in [1.82, 2.24) is 5.43 Å². The number of hydrogen-bond acceptors (Lipinski definition) is 3. The summed E-state index contributed by atoms with van der Waals surface area (Å²) in [6.07, 6.45) is 0. The maximum absolute atomic E-state index is 13.6. The molecule has 0 aromatic heterocycles. The van der Waals surface area contributed by atoms with Crippen molar-refractivity contribution in [3.05, 3.63) is 64.4 Å². The minimum atomic E-state index is -0.487. The number of carbonyl (C=O) groups is 1. The van der Waals surface area contributed by atoms with Crippen molar-refractivity contribution in [2.75, 3.05) is 7.11 Å². The molecule has 0 atom stereocenters. The molecule has 4 nitrogen and oxygen atoms in total. The predicted octanol–water partition coefficient (Wildman–Crippen LogP) is 3.64. The van der Waals surface area contributed by atoms with Crippen LogP contribution >= 0.6 is 11.6 Å². The monoisotopic (exact) mass is 320 g/mol. The largest absolute Gasteiger partial charge is 0.494 e. The second-order valence-electron chi connectivity index (χ2n) is 4.49. The first-order chi connectivity index (χ1) is 10.5. The third-order valence-electron chi connectivity index (χ3n) is 3.00. The molecule has 2 rings (SSSR count). The van der Waals surface area contributed by atoms with Crippen LogP contribution in [0.1, 0.15) is 22.8 Å². The fraction of sp³-hybridized carbons (Fsp3) is 0.125. The van der Waals surface area contributed by atoms with E-state index in [0.717, 1.165) is 0 Å². The van der Waals surface area contributed by atoms with Crippen molar-refractivity contribution in [3.63, 3.8) is 0 Å². The lowest BCUT2D eigenvalue weighted by Crippen LogP contribution is -2.19. The number of hydrazone groups is 1. The van der Waals surface area contributed by atoms with Crippen LogP contribution in [0.3, 0.4) is 0 Å². The molecule has 1 amide bonds. The molecule has 0 aliphatic carbocycles. The van der Waals surface area contributed by atoms with Crippen LogP contribution in [0.15, 0.2) is 47.6 Å². The van der Waals surface area contributed by atoms with Gasteiger partial charge in [-0.05, 0) is 49.4 Å². The SMILES string of the molecule is COc1ccc(/C(C)=N\NC(=O)c2ccc(Cl)cc2)cc1F. The van der Waals surface area contributed by atoms with Gasteiger partial charge in [0.05, 0.1) is 12.8 Å². The molecule has 0 aliphatic rings. The molecule has 0 heterocycles. The molecule has 0 spiro atoms. The average molecular weight is 321 g/mol. The number of benzene rings is 2. The Morgan fingerprint density at radius 2 is 1.82 bits per heavy atom. The molecule has 0 aliphatic heterocycles. The van der Waals surface area contributed by atoms with E-state index in [-0.39, 0.29) is 11.7 Å². The van der Waals surface area contributed by atoms with E-state index in [1.54, 1.807) is 37.3 Å². The molecular weight excluding hydrogens is 307 g/mol. The van der Waals surface area contributed by atoms with Crippen LogP contribution in [0.2, 0.25) is 5.02 Å². The Hall–Kier alpha value is -2.40. The minimum Gasteiger partial charge on any atom is -0.494 e. The molecule has 22 heavy (non-hydrogen) atoms. The van der Waals surface area contributed by atoms with Gasteiger partial charge in [0, 0.05) is 16.1 Å². The van der Waals surface area contributed by atoms with Gasteiger partial charge in [0.1, 0.15) is 0 Å². The number of hydrogen-bond donors (Lipinski definition) is 1. The van der Waals surface area contributed by atoms with Crippen LogP contribution < -0.4 is 10.2 Å². The second-order valence-corrected chi connectivity index (χ2v) is 4.93. The summed E-state index contributed by atoms with van der Waals surface area (Å²) in [6, 6.07) is 10.9. The molecule has 0 unspecified atom stereocenters. The number of ether oxygens (including phenoxy) is 1. The van der Waals surface area contributed by atoms with E-state index < -0.39 is 5.82 Å². The van der Waals surface area contributed by atoms with E-state index in [9.17, 15) is 9.18 Å². The van der Waals surface area contributed by atoms with E-state index in [1.165, 1.54) is 19.2 Å². The summed E-state index contributed by atoms with van der Waals surface area (Å²) in [7, 11) is 1.39. The maximum atomic E-state index is 13.6. The summed E-state index contributed by atoms with van der Waals surface area (Å²) in [6.45, 7) is 1.67. The van der Waals surface area contributed by atoms with Gasteiger partial charge in [-0.3, -0.25) is 4.79 Å². The summed E-state index contributed by atoms with van der Waals surface area (Å²) in [5, 5.41) is 4.51. The lowest BCUT2D eigenvalue weighted by atomic mass is 10.1. The average Bonchev–Trinajstić information content (AvgIpc) is 2.52. The summed E-state index contributed by atoms with van der Waals surface area (Å²) in [5.41, 5.74) is 3.88. The number of rotatable bonds is 4. The molecule has 2 aromatic carbocycles. The van der Waals surface area contributed by atoms with Crippen LogP contribution in [-0.4, -0.2) is 18.7 Å². The Morgan fingerprint density at radius 1 is 1.18 bits per heavy atom. The third kappa shape index (κ3) is 3.83. The van der Waals surface area contributed by atoms with Gasteiger partial charge in [-0.2, -0.15) is 5.10 Å². The van der Waals surface area contributed by atoms with Crippen LogP contribution in [0.4, 0.5) is 4.39 Å². The fourth-order valence-electron chi connectivity index (χ4n) is 1.76. The molecular formula is C16H14ClFN2O2. The quantitative estimate of drug-likeness (QED) is 0.690. The molecule has 2 aromatic rings. The molecule has 6 heteroatoms. The Balaban J connectivity index is 2.10. The number of nitrogens with one attached hydrogen (secondary N) is 1. The zero-order valence-electron chi connectivity index (χ0n) is 12.1. The smallest absolute Gasteiger partial charge is 0.271 e. The second kappa shape index (κ2) is 7.04. The van der Waals surface area contributed by atoms with Gasteiger partial charge in [0.2, 0.25) is 0 Å². The number of halogens is 2. The molecule has 114 valence electrons. The Labute approximate surface area is 132 Å². The molecule has 1 N–H and O–H groups in total. The number of carbonyl (C=O) groups excluding carboxylic acids is 1. The topological polar surface area (TPSA) is 50.7 Å². The summed E-state index contributed by atoms with van der Waals surface area (Å²) in [5.74, 6) is -0.703. The number of methoxy groups -OCH3 is 1. The van der Waals surface area contributed by atoms with E-state index in [1.807, 2.05) is 0 Å². The van der Waals surface area contributed by atoms with Gasteiger partial charge in [-0.25, -0.2) is 9.82 Å². The highest BCUT2D eigenvalue weighted by atomic mass is 35.5. The minimum absolute atomic E-state index is 0.154. The Kier molecular flexibility index (Phi) is 5.12. The zero-order chi connectivity index (χ0) is 16.1. The molecule has 0 fully saturated rings. The van der Waals surface area contributed by atoms with Crippen molar-refractivity contribution in [2.24, 2.45) is 5.10 Å². The van der Waals surface area contributed by atoms with Crippen LogP contribution in [0.25, 0.3) is 0 Å². The van der Waals surface area contributed by atoms with Crippen molar-refractivity contribution in [3.8, 4) is 5.75 Å². The lowest BCUT2D eigenvalue weighted by Gasteiger charge is -2.06. The van der Waals surface area contributed by atoms with Crippen LogP contribution in [0, 0.1) is 5.82 Å². The highest BCUT2D eigenvalue weighted by molar-refractivity contribution is 6.30. The van der Waals surface area contributed by atoms with Crippen molar-refractivity contribution < 1.29 is 13.9 Å². The van der Waals surface area contributed by atoms with E-state index >= 15 is 0 Å². The number of nitrogens with zero attached hydrogens (tertiary/aromatic N) is 1. The van der Waals surface area contributed by atoms with Crippen LogP contribution in [0.5, 0.6) is 5.75 Å². The fourth-order valence-corrected chi connectivity index (χ4v) is 1.88. The normalized spacial score (nSPS) is 11.2. The third-order valence-corrected chi connectivity index (χ3v) is 3.25. The van der Waals surface area contributed by atoms with Crippen LogP contribution in [-0.2, 0) is 0 Å². The van der Waals surface area contributed by atoms with Gasteiger partial charge in [-0.15, -0.1) is 0 Å². The van der Waals surface area contributed by atoms with Gasteiger partial charge in [-0.1, -0.05) is 11.6 Å². The molecule has 0 saturated heterocycles. The predicted molar refractivity (Wildman–Crippen MR) is 84.1 cm³/mol. The first-order valence-corrected chi connectivity index (χ1v) is 6.83. The lowest BCUT2D eigenvalue weighted by molar-refractivity contribution is 0.0955. The molecule has 0 saturated carbocycles. The van der Waals surface area contributed by atoms with Crippen molar-refractivity contribution >= 4 is 23.2 Å². The van der Waals surface area contributed by atoms with Gasteiger partial charge >= 0.3 is 0 Å². The van der Waals surface area contributed by atoms with Crippen molar-refractivity contribution in [1.29, 1.82) is 0 Å². The van der Waals surface area contributed by atoms with Gasteiger partial charge < -0.3 is 4.74 Å². The zero-order valence-corrected chi connectivity index (χ0v) is 12.8. The van der Waals surface area contributed by atoms with E-state index in [2.05, 4.69) is 10.5 Å². The van der Waals surface area contributed by atoms with E-state index in [0.29, 0.717) is 21.9 Å². The Bertz CT molecular complexity index is 715. The maximum Gasteiger partial charge on any atom is 0.271 e. The first kappa shape index (κ1) is 16.0. The van der Waals surface area contributed by atoms with E-state index in [4.69, 9.17) is 16.3 Å². The molecule has 0 radical (unpaired) electrons. The number of amides is 1. The Morgan fingerprint density at radius 3 is 2.41 bits per heavy atom. The highest BCUT2D eigenvalue weighted by Crippen LogP contribution is 2.18. The van der Waals surface area contributed by atoms with Gasteiger partial charge in [0.25, 0.3) is 5.91 Å². The highest BCUT2D eigenvalue weighted by Gasteiger charge is 2.07. The van der Waals surface area contributed by atoms with Crippen molar-refractivity contribution in [2.45, 2.75) is 6.92 Å². The summed E-state index contributed by atoms with van der Waals surface area (Å²) < 4.78 is 18.5. The first-order valence-electron chi connectivity index (χ1n) is 6.45. The summed E-state index contributed by atoms with van der Waals surface area (Å²) >= 11 is 5.76. The standard InChI is InChI=1S/C16H14ClFN2O2/c1-10(12-5-8-15(22-2)14(18)9-12)19-20-16(21)11-3-6-13(17)7-4-11/h3-9H,1-2H3,(H,20,21)/b19-10-. The molecule has 0 bridgehead atoms.